The first-order valence-corrected chi connectivity index (χ1v) is 8.93. The van der Waals surface area contributed by atoms with Gasteiger partial charge < -0.3 is 10.6 Å². The van der Waals surface area contributed by atoms with Gasteiger partial charge in [0.1, 0.15) is 0 Å². The number of hydrogen-bond donors (Lipinski definition) is 2. The lowest BCUT2D eigenvalue weighted by atomic mass is 9.87. The highest BCUT2D eigenvalue weighted by atomic mass is 35.5. The van der Waals surface area contributed by atoms with Crippen LogP contribution in [0.25, 0.3) is 0 Å². The van der Waals surface area contributed by atoms with Crippen LogP contribution in [0.2, 0.25) is 0 Å². The first kappa shape index (κ1) is 20.4. The highest BCUT2D eigenvalue weighted by Crippen LogP contribution is 2.22. The Hall–Kier alpha value is -1.92. The molecule has 1 aliphatic heterocycles. The summed E-state index contributed by atoms with van der Waals surface area (Å²) in [5.74, 6) is -0.180. The molecule has 1 aliphatic rings. The highest BCUT2D eigenvalue weighted by Gasteiger charge is 2.18. The van der Waals surface area contributed by atoms with Crippen LogP contribution in [0.4, 0.5) is 0 Å². The third-order valence-electron chi connectivity index (χ3n) is 4.70. The number of aromatic nitrogens is 3. The minimum atomic E-state index is -0.180. The molecule has 1 aromatic heterocycles. The Morgan fingerprint density at radius 3 is 2.50 bits per heavy atom. The molecule has 2 aromatic rings. The van der Waals surface area contributed by atoms with Gasteiger partial charge in [-0.3, -0.25) is 4.79 Å². The van der Waals surface area contributed by atoms with Crippen LogP contribution in [-0.4, -0.2) is 34.0 Å². The largest absolute Gasteiger partial charge is 0.347 e. The van der Waals surface area contributed by atoms with Gasteiger partial charge in [-0.1, -0.05) is 50.3 Å². The molecule has 142 valence electrons. The van der Waals surface area contributed by atoms with Gasteiger partial charge in [-0.15, -0.1) is 17.5 Å². The number of halogens is 1. The standard InChI is InChI=1S/C19H27N5O.ClH/c1-19(2,3)15-6-4-14(5-7-15)12-21-18(25)17-13-24(23-22-17)16-8-10-20-11-9-16;/h4-7,13,16,20H,8-12H2,1-3H3,(H,21,25);1H. The third kappa shape index (κ3) is 5.05. The summed E-state index contributed by atoms with van der Waals surface area (Å²) in [6.07, 6.45) is 3.79. The zero-order valence-electron chi connectivity index (χ0n) is 15.7. The van der Waals surface area contributed by atoms with Crippen molar-refractivity contribution in [1.82, 2.24) is 25.6 Å². The van der Waals surface area contributed by atoms with Crippen molar-refractivity contribution in [3.63, 3.8) is 0 Å². The van der Waals surface area contributed by atoms with Crippen LogP contribution >= 0.6 is 12.4 Å². The van der Waals surface area contributed by atoms with E-state index in [1.165, 1.54) is 5.56 Å². The van der Waals surface area contributed by atoms with Crippen LogP contribution in [0.1, 0.15) is 61.3 Å². The van der Waals surface area contributed by atoms with Gasteiger partial charge in [0.25, 0.3) is 5.91 Å². The second-order valence-corrected chi connectivity index (χ2v) is 7.69. The number of piperidine rings is 1. The Morgan fingerprint density at radius 1 is 1.23 bits per heavy atom. The maximum atomic E-state index is 12.3. The molecule has 0 aliphatic carbocycles. The Morgan fingerprint density at radius 2 is 1.88 bits per heavy atom. The van der Waals surface area contributed by atoms with E-state index in [0.29, 0.717) is 18.3 Å². The van der Waals surface area contributed by atoms with E-state index in [1.807, 2.05) is 4.68 Å². The van der Waals surface area contributed by atoms with Gasteiger partial charge >= 0.3 is 0 Å². The molecule has 26 heavy (non-hydrogen) atoms. The van der Waals surface area contributed by atoms with Crippen molar-refractivity contribution in [2.45, 2.75) is 51.6 Å². The Balaban J connectivity index is 0.00000243. The fraction of sp³-hybridized carbons (Fsp3) is 0.526. The summed E-state index contributed by atoms with van der Waals surface area (Å²) in [6.45, 7) is 9.02. The third-order valence-corrected chi connectivity index (χ3v) is 4.70. The molecular weight excluding hydrogens is 350 g/mol. The maximum Gasteiger partial charge on any atom is 0.273 e. The summed E-state index contributed by atoms with van der Waals surface area (Å²) in [5.41, 5.74) is 2.87. The van der Waals surface area contributed by atoms with Crippen molar-refractivity contribution in [2.75, 3.05) is 13.1 Å². The second kappa shape index (κ2) is 8.64. The molecule has 7 heteroatoms. The molecule has 0 unspecified atom stereocenters. The van der Waals surface area contributed by atoms with Crippen LogP contribution in [-0.2, 0) is 12.0 Å². The van der Waals surface area contributed by atoms with Crippen LogP contribution in [0, 0.1) is 0 Å². The van der Waals surface area contributed by atoms with Gasteiger partial charge in [0.15, 0.2) is 5.69 Å². The van der Waals surface area contributed by atoms with E-state index < -0.39 is 0 Å². The monoisotopic (exact) mass is 377 g/mol. The molecule has 0 saturated carbocycles. The zero-order chi connectivity index (χ0) is 17.9. The smallest absolute Gasteiger partial charge is 0.273 e. The van der Waals surface area contributed by atoms with E-state index in [-0.39, 0.29) is 23.7 Å². The number of nitrogens with one attached hydrogen (secondary N) is 2. The highest BCUT2D eigenvalue weighted by molar-refractivity contribution is 5.91. The molecule has 0 radical (unpaired) electrons. The van der Waals surface area contributed by atoms with E-state index in [1.54, 1.807) is 6.20 Å². The number of rotatable bonds is 4. The van der Waals surface area contributed by atoms with Crippen LogP contribution in [0.3, 0.4) is 0 Å². The quantitative estimate of drug-likeness (QED) is 0.859. The summed E-state index contributed by atoms with van der Waals surface area (Å²) >= 11 is 0. The number of hydrogen-bond acceptors (Lipinski definition) is 4. The lowest BCUT2D eigenvalue weighted by Gasteiger charge is -2.22. The van der Waals surface area contributed by atoms with Gasteiger partial charge in [-0.25, -0.2) is 4.68 Å². The number of carbonyl (C=O) groups excluding carboxylic acids is 1. The lowest BCUT2D eigenvalue weighted by molar-refractivity contribution is 0.0946. The van der Waals surface area contributed by atoms with Crippen molar-refractivity contribution < 1.29 is 4.79 Å². The average molecular weight is 378 g/mol. The van der Waals surface area contributed by atoms with Crippen molar-refractivity contribution >= 4 is 18.3 Å². The predicted molar refractivity (Wildman–Crippen MR) is 105 cm³/mol. The minimum Gasteiger partial charge on any atom is -0.347 e. The molecule has 1 aromatic carbocycles. The van der Waals surface area contributed by atoms with Gasteiger partial charge in [-0.05, 0) is 42.5 Å². The normalized spacial score (nSPS) is 15.3. The first-order chi connectivity index (χ1) is 11.9. The molecule has 2 heterocycles. The second-order valence-electron chi connectivity index (χ2n) is 7.69. The Bertz CT molecular complexity index is 714. The van der Waals surface area contributed by atoms with Crippen molar-refractivity contribution in [3.8, 4) is 0 Å². The SMILES string of the molecule is CC(C)(C)c1ccc(CNC(=O)c2cn(C3CCNCC3)nn2)cc1.Cl. The molecule has 2 N–H and O–H groups in total. The van der Waals surface area contributed by atoms with Gasteiger partial charge in [0, 0.05) is 6.54 Å². The zero-order valence-corrected chi connectivity index (χ0v) is 16.5. The van der Waals surface area contributed by atoms with Crippen molar-refractivity contribution in [3.05, 3.63) is 47.3 Å². The van der Waals surface area contributed by atoms with Crippen molar-refractivity contribution in [2.24, 2.45) is 0 Å². The van der Waals surface area contributed by atoms with E-state index in [0.717, 1.165) is 31.5 Å². The fourth-order valence-corrected chi connectivity index (χ4v) is 3.03. The Labute approximate surface area is 161 Å². The van der Waals surface area contributed by atoms with Crippen LogP contribution < -0.4 is 10.6 Å². The summed E-state index contributed by atoms with van der Waals surface area (Å²) in [4.78, 5) is 12.3. The molecule has 1 amide bonds. The molecule has 0 atom stereocenters. The summed E-state index contributed by atoms with van der Waals surface area (Å²) < 4.78 is 1.83. The van der Waals surface area contributed by atoms with Gasteiger partial charge in [-0.2, -0.15) is 0 Å². The van der Waals surface area contributed by atoms with Crippen LogP contribution in [0.15, 0.2) is 30.5 Å². The molecule has 3 rings (SSSR count). The molecular formula is C19H28ClN5O. The van der Waals surface area contributed by atoms with Crippen molar-refractivity contribution in [1.29, 1.82) is 0 Å². The molecule has 1 saturated heterocycles. The summed E-state index contributed by atoms with van der Waals surface area (Å²) in [7, 11) is 0. The average Bonchev–Trinajstić information content (AvgIpc) is 3.10. The van der Waals surface area contributed by atoms with Crippen LogP contribution in [0.5, 0.6) is 0 Å². The maximum absolute atomic E-state index is 12.3. The number of amides is 1. The van der Waals surface area contributed by atoms with Gasteiger partial charge in [0.05, 0.1) is 12.2 Å². The number of nitrogens with zero attached hydrogens (tertiary/aromatic N) is 3. The predicted octanol–water partition coefficient (Wildman–Crippen LogP) is 2.85. The lowest BCUT2D eigenvalue weighted by Crippen LogP contribution is -2.29. The molecule has 0 spiro atoms. The first-order valence-electron chi connectivity index (χ1n) is 8.93. The number of benzene rings is 1. The Kier molecular flexibility index (Phi) is 6.78. The number of carbonyl (C=O) groups is 1. The minimum absolute atomic E-state index is 0. The van der Waals surface area contributed by atoms with E-state index >= 15 is 0 Å². The summed E-state index contributed by atoms with van der Waals surface area (Å²) in [5, 5.41) is 14.4. The molecule has 1 fully saturated rings. The molecule has 0 bridgehead atoms. The van der Waals surface area contributed by atoms with E-state index in [9.17, 15) is 4.79 Å². The van der Waals surface area contributed by atoms with E-state index in [2.05, 4.69) is 66.0 Å². The molecule has 6 nitrogen and oxygen atoms in total. The van der Waals surface area contributed by atoms with Gasteiger partial charge in [0.2, 0.25) is 0 Å². The topological polar surface area (TPSA) is 71.8 Å². The fourth-order valence-electron chi connectivity index (χ4n) is 3.03. The van der Waals surface area contributed by atoms with E-state index in [4.69, 9.17) is 0 Å². The summed E-state index contributed by atoms with van der Waals surface area (Å²) in [6, 6.07) is 8.70.